The number of likely N-dealkylation sites (tertiary alicyclic amines) is 1. The molecular formula is C18H29NO2. The van der Waals surface area contributed by atoms with Crippen LogP contribution in [0.25, 0.3) is 0 Å². The third-order valence-corrected chi connectivity index (χ3v) is 5.68. The van der Waals surface area contributed by atoms with Gasteiger partial charge in [0.05, 0.1) is 12.2 Å². The first kappa shape index (κ1) is 15.3. The molecule has 2 N–H and O–H groups in total. The van der Waals surface area contributed by atoms with Crippen LogP contribution in [0.2, 0.25) is 0 Å². The SMILES string of the molecule is C[C@@H]1CCN(CCC[C@@H]2C3=C(CC=CC3)C[C@H]2O)C[C@H]1O. The molecule has 118 valence electrons. The Morgan fingerprint density at radius 1 is 1.19 bits per heavy atom. The molecule has 0 bridgehead atoms. The van der Waals surface area contributed by atoms with Crippen LogP contribution in [0, 0.1) is 11.8 Å². The molecule has 3 heteroatoms. The summed E-state index contributed by atoms with van der Waals surface area (Å²) in [6, 6.07) is 0. The van der Waals surface area contributed by atoms with E-state index in [1.54, 1.807) is 0 Å². The Balaban J connectivity index is 1.46. The molecule has 0 spiro atoms. The van der Waals surface area contributed by atoms with Gasteiger partial charge in [-0.05, 0) is 57.5 Å². The van der Waals surface area contributed by atoms with Gasteiger partial charge in [0, 0.05) is 12.5 Å². The molecule has 0 radical (unpaired) electrons. The molecule has 1 fully saturated rings. The highest BCUT2D eigenvalue weighted by Crippen LogP contribution is 2.41. The van der Waals surface area contributed by atoms with Crippen molar-refractivity contribution in [3.63, 3.8) is 0 Å². The monoisotopic (exact) mass is 291 g/mol. The van der Waals surface area contributed by atoms with Gasteiger partial charge in [-0.3, -0.25) is 0 Å². The van der Waals surface area contributed by atoms with E-state index in [2.05, 4.69) is 24.0 Å². The van der Waals surface area contributed by atoms with Gasteiger partial charge in [0.15, 0.2) is 0 Å². The van der Waals surface area contributed by atoms with Crippen LogP contribution in [-0.2, 0) is 0 Å². The summed E-state index contributed by atoms with van der Waals surface area (Å²) in [7, 11) is 0. The van der Waals surface area contributed by atoms with Crippen LogP contribution in [-0.4, -0.2) is 47.0 Å². The molecule has 21 heavy (non-hydrogen) atoms. The van der Waals surface area contributed by atoms with E-state index in [1.807, 2.05) is 0 Å². The molecule has 2 aliphatic carbocycles. The van der Waals surface area contributed by atoms with E-state index in [9.17, 15) is 10.2 Å². The number of piperidine rings is 1. The Labute approximate surface area is 128 Å². The van der Waals surface area contributed by atoms with Crippen molar-refractivity contribution < 1.29 is 10.2 Å². The molecule has 1 saturated heterocycles. The van der Waals surface area contributed by atoms with Crippen molar-refractivity contribution in [1.29, 1.82) is 0 Å². The second-order valence-corrected chi connectivity index (χ2v) is 7.16. The average molecular weight is 291 g/mol. The fourth-order valence-electron chi connectivity index (χ4n) is 4.19. The molecule has 0 unspecified atom stereocenters. The molecule has 0 saturated carbocycles. The molecule has 0 aromatic carbocycles. The minimum atomic E-state index is -0.159. The van der Waals surface area contributed by atoms with E-state index in [-0.39, 0.29) is 12.2 Å². The van der Waals surface area contributed by atoms with Crippen molar-refractivity contribution in [2.45, 2.75) is 57.7 Å². The lowest BCUT2D eigenvalue weighted by Gasteiger charge is -2.34. The van der Waals surface area contributed by atoms with E-state index in [0.717, 1.165) is 58.2 Å². The largest absolute Gasteiger partial charge is 0.392 e. The first-order chi connectivity index (χ1) is 10.1. The molecular weight excluding hydrogens is 262 g/mol. The maximum absolute atomic E-state index is 10.3. The number of allylic oxidation sites excluding steroid dienone is 2. The van der Waals surface area contributed by atoms with Crippen molar-refractivity contribution in [1.82, 2.24) is 4.90 Å². The molecule has 1 heterocycles. The van der Waals surface area contributed by atoms with Gasteiger partial charge in [-0.1, -0.05) is 30.2 Å². The maximum Gasteiger partial charge on any atom is 0.0693 e. The Kier molecular flexibility index (Phi) is 4.82. The normalized spacial score (nSPS) is 37.1. The van der Waals surface area contributed by atoms with Crippen molar-refractivity contribution in [2.75, 3.05) is 19.6 Å². The minimum absolute atomic E-state index is 0.151. The predicted octanol–water partition coefficient (Wildman–Crippen LogP) is 2.50. The standard InChI is InChI=1S/C18H29NO2/c1-13-8-10-19(12-18(13)21)9-4-7-16-15-6-3-2-5-14(15)11-17(16)20/h2-3,13,16-18,20-21H,4-12H2,1H3/t13-,16-,17-,18-/m1/s1. The quantitative estimate of drug-likeness (QED) is 0.782. The first-order valence-corrected chi connectivity index (χ1v) is 8.59. The number of nitrogens with zero attached hydrogens (tertiary/aromatic N) is 1. The smallest absolute Gasteiger partial charge is 0.0693 e. The van der Waals surface area contributed by atoms with Gasteiger partial charge in [-0.25, -0.2) is 0 Å². The number of aliphatic hydroxyl groups excluding tert-OH is 2. The number of aliphatic hydroxyl groups is 2. The zero-order chi connectivity index (χ0) is 14.8. The summed E-state index contributed by atoms with van der Waals surface area (Å²) in [4.78, 5) is 2.39. The third kappa shape index (κ3) is 3.41. The Morgan fingerprint density at radius 3 is 2.81 bits per heavy atom. The second kappa shape index (κ2) is 6.64. The topological polar surface area (TPSA) is 43.7 Å². The van der Waals surface area contributed by atoms with Crippen molar-refractivity contribution in [2.24, 2.45) is 11.8 Å². The molecule has 4 atom stereocenters. The lowest BCUT2D eigenvalue weighted by molar-refractivity contribution is 0.0275. The molecule has 3 aliphatic rings. The Hall–Kier alpha value is -0.640. The van der Waals surface area contributed by atoms with Crippen LogP contribution < -0.4 is 0 Å². The summed E-state index contributed by atoms with van der Waals surface area (Å²) in [6.07, 6.45) is 10.5. The Bertz CT molecular complexity index is 429. The van der Waals surface area contributed by atoms with Crippen LogP contribution in [0.5, 0.6) is 0 Å². The second-order valence-electron chi connectivity index (χ2n) is 7.16. The maximum atomic E-state index is 10.3. The summed E-state index contributed by atoms with van der Waals surface area (Å²) >= 11 is 0. The summed E-state index contributed by atoms with van der Waals surface area (Å²) in [5, 5.41) is 20.3. The van der Waals surface area contributed by atoms with Gasteiger partial charge in [-0.15, -0.1) is 0 Å². The number of hydrogen-bond donors (Lipinski definition) is 2. The van der Waals surface area contributed by atoms with Crippen molar-refractivity contribution in [3.8, 4) is 0 Å². The van der Waals surface area contributed by atoms with E-state index >= 15 is 0 Å². The van der Waals surface area contributed by atoms with Crippen molar-refractivity contribution in [3.05, 3.63) is 23.3 Å². The molecule has 1 aliphatic heterocycles. The highest BCUT2D eigenvalue weighted by atomic mass is 16.3. The fraction of sp³-hybridized carbons (Fsp3) is 0.778. The highest BCUT2D eigenvalue weighted by molar-refractivity contribution is 5.32. The summed E-state index contributed by atoms with van der Waals surface area (Å²) in [5.41, 5.74) is 3.02. The number of hydrogen-bond acceptors (Lipinski definition) is 3. The fourth-order valence-corrected chi connectivity index (χ4v) is 4.19. The zero-order valence-corrected chi connectivity index (χ0v) is 13.2. The van der Waals surface area contributed by atoms with Crippen LogP contribution in [0.1, 0.15) is 45.4 Å². The van der Waals surface area contributed by atoms with E-state index in [1.165, 1.54) is 11.1 Å². The van der Waals surface area contributed by atoms with E-state index < -0.39 is 0 Å². The summed E-state index contributed by atoms with van der Waals surface area (Å²) < 4.78 is 0. The Morgan fingerprint density at radius 2 is 2.00 bits per heavy atom. The van der Waals surface area contributed by atoms with Gasteiger partial charge in [0.1, 0.15) is 0 Å². The van der Waals surface area contributed by atoms with Gasteiger partial charge in [0.25, 0.3) is 0 Å². The minimum Gasteiger partial charge on any atom is -0.392 e. The van der Waals surface area contributed by atoms with E-state index in [4.69, 9.17) is 0 Å². The predicted molar refractivity (Wildman–Crippen MR) is 85.0 cm³/mol. The van der Waals surface area contributed by atoms with Crippen LogP contribution in [0.15, 0.2) is 23.3 Å². The van der Waals surface area contributed by atoms with E-state index in [0.29, 0.717) is 11.8 Å². The lowest BCUT2D eigenvalue weighted by Crippen LogP contribution is -2.43. The summed E-state index contributed by atoms with van der Waals surface area (Å²) in [6.45, 7) is 5.14. The molecule has 0 amide bonds. The first-order valence-electron chi connectivity index (χ1n) is 8.59. The lowest BCUT2D eigenvalue weighted by atomic mass is 9.89. The molecule has 3 rings (SSSR count). The molecule has 0 aromatic rings. The number of β-amino-alcohol motifs (C(OH)–C–C–N with tert-alkyl or cyclic N) is 1. The average Bonchev–Trinajstić information content (AvgIpc) is 2.79. The van der Waals surface area contributed by atoms with Gasteiger partial charge in [-0.2, -0.15) is 0 Å². The third-order valence-electron chi connectivity index (χ3n) is 5.68. The van der Waals surface area contributed by atoms with Gasteiger partial charge in [0.2, 0.25) is 0 Å². The zero-order valence-electron chi connectivity index (χ0n) is 13.2. The molecule has 0 aromatic heterocycles. The van der Waals surface area contributed by atoms with Crippen LogP contribution >= 0.6 is 0 Å². The van der Waals surface area contributed by atoms with Gasteiger partial charge < -0.3 is 15.1 Å². The highest BCUT2D eigenvalue weighted by Gasteiger charge is 2.33. The summed E-state index contributed by atoms with van der Waals surface area (Å²) in [5.74, 6) is 0.832. The van der Waals surface area contributed by atoms with Crippen LogP contribution in [0.3, 0.4) is 0 Å². The van der Waals surface area contributed by atoms with Gasteiger partial charge >= 0.3 is 0 Å². The molecule has 3 nitrogen and oxygen atoms in total. The van der Waals surface area contributed by atoms with Crippen LogP contribution in [0.4, 0.5) is 0 Å². The van der Waals surface area contributed by atoms with Crippen molar-refractivity contribution >= 4 is 0 Å². The number of rotatable bonds is 4.